The molecule has 2 aromatic rings. The van der Waals surface area contributed by atoms with E-state index >= 15 is 0 Å². The largest absolute Gasteiger partial charge is 0.497 e. The normalized spacial score (nSPS) is 10.9. The molecule has 0 amide bonds. The summed E-state index contributed by atoms with van der Waals surface area (Å²) in [6, 6.07) is 7.87. The predicted molar refractivity (Wildman–Crippen MR) is 99.6 cm³/mol. The lowest BCUT2D eigenvalue weighted by atomic mass is 10.1. The highest BCUT2D eigenvalue weighted by Gasteiger charge is 2.22. The second kappa shape index (κ2) is 8.72. The Kier molecular flexibility index (Phi) is 6.65. The Morgan fingerprint density at radius 2 is 1.88 bits per heavy atom. The van der Waals surface area contributed by atoms with Crippen LogP contribution in [0.3, 0.4) is 0 Å². The Balaban J connectivity index is 2.29. The van der Waals surface area contributed by atoms with Gasteiger partial charge in [-0.2, -0.15) is 0 Å². The molecule has 2 N–H and O–H groups in total. The summed E-state index contributed by atoms with van der Waals surface area (Å²) in [5.74, 6) is -0.0434. The maximum atomic E-state index is 11.8. The summed E-state index contributed by atoms with van der Waals surface area (Å²) in [4.78, 5) is 11.8. The van der Waals surface area contributed by atoms with Crippen LogP contribution in [-0.2, 0) is 13.1 Å². The zero-order valence-corrected chi connectivity index (χ0v) is 15.6. The number of nitrogens with one attached hydrogen (secondary N) is 1. The first-order chi connectivity index (χ1) is 12.0. The molecule has 1 aromatic carbocycles. The number of carbonyl (C=O) groups is 1. The molecule has 0 aliphatic heterocycles. The number of carboxylic acids is 1. The molecule has 0 aliphatic rings. The first-order valence-electron chi connectivity index (χ1n) is 8.75. The number of methoxy groups -OCH3 is 1. The molecule has 2 rings (SSSR count). The van der Waals surface area contributed by atoms with E-state index in [0.29, 0.717) is 18.7 Å². The van der Waals surface area contributed by atoms with Gasteiger partial charge >= 0.3 is 5.97 Å². The van der Waals surface area contributed by atoms with Crippen LogP contribution >= 0.6 is 0 Å². The molecule has 1 aromatic heterocycles. The minimum absolute atomic E-state index is 0.426. The molecular formula is C20H28N2O3. The molecule has 1 heterocycles. The summed E-state index contributed by atoms with van der Waals surface area (Å²) in [5, 5.41) is 13.0. The van der Waals surface area contributed by atoms with Crippen molar-refractivity contribution in [2.24, 2.45) is 0 Å². The molecule has 0 saturated carbocycles. The van der Waals surface area contributed by atoms with E-state index < -0.39 is 5.97 Å². The molecule has 5 heteroatoms. The Bertz CT molecular complexity index is 718. The minimum atomic E-state index is -0.860. The van der Waals surface area contributed by atoms with E-state index in [1.54, 1.807) is 7.11 Å². The molecule has 0 fully saturated rings. The molecule has 0 bridgehead atoms. The van der Waals surface area contributed by atoms with Crippen molar-refractivity contribution in [2.45, 2.75) is 46.7 Å². The average molecular weight is 344 g/mol. The number of aromatic carboxylic acids is 1. The molecular weight excluding hydrogens is 316 g/mol. The van der Waals surface area contributed by atoms with E-state index in [1.165, 1.54) is 0 Å². The fourth-order valence-corrected chi connectivity index (χ4v) is 3.11. The van der Waals surface area contributed by atoms with E-state index in [-0.39, 0.29) is 0 Å². The summed E-state index contributed by atoms with van der Waals surface area (Å²) in [6.45, 7) is 8.17. The smallest absolute Gasteiger partial charge is 0.337 e. The van der Waals surface area contributed by atoms with Gasteiger partial charge in [-0.25, -0.2) is 4.79 Å². The summed E-state index contributed by atoms with van der Waals surface area (Å²) < 4.78 is 7.28. The highest BCUT2D eigenvalue weighted by Crippen LogP contribution is 2.24. The number of ether oxygens (including phenoxy) is 1. The first-order valence-corrected chi connectivity index (χ1v) is 8.75. The average Bonchev–Trinajstić information content (AvgIpc) is 2.83. The van der Waals surface area contributed by atoms with Gasteiger partial charge in [-0.05, 0) is 44.5 Å². The van der Waals surface area contributed by atoms with Crippen molar-refractivity contribution in [3.05, 3.63) is 52.3 Å². The summed E-state index contributed by atoms with van der Waals surface area (Å²) in [6.07, 6.45) is 2.21. The third-order valence-electron chi connectivity index (χ3n) is 4.63. The second-order valence-corrected chi connectivity index (χ2v) is 6.29. The predicted octanol–water partition coefficient (Wildman–Crippen LogP) is 3.75. The topological polar surface area (TPSA) is 63.5 Å². The van der Waals surface area contributed by atoms with Crippen LogP contribution in [0.2, 0.25) is 0 Å². The van der Waals surface area contributed by atoms with Crippen molar-refractivity contribution in [2.75, 3.05) is 13.7 Å². The zero-order chi connectivity index (χ0) is 18.4. The number of rotatable bonds is 9. The highest BCUT2D eigenvalue weighted by molar-refractivity contribution is 5.91. The number of aromatic nitrogens is 1. The Morgan fingerprint density at radius 3 is 2.44 bits per heavy atom. The Morgan fingerprint density at radius 1 is 1.20 bits per heavy atom. The van der Waals surface area contributed by atoms with E-state index in [0.717, 1.165) is 47.7 Å². The van der Waals surface area contributed by atoms with Crippen molar-refractivity contribution in [1.82, 2.24) is 9.88 Å². The lowest BCUT2D eigenvalue weighted by molar-refractivity contribution is 0.0694. The monoisotopic (exact) mass is 344 g/mol. The molecule has 0 atom stereocenters. The van der Waals surface area contributed by atoms with E-state index in [9.17, 15) is 9.90 Å². The second-order valence-electron chi connectivity index (χ2n) is 6.29. The third-order valence-corrected chi connectivity index (χ3v) is 4.63. The fourth-order valence-electron chi connectivity index (χ4n) is 3.11. The van der Waals surface area contributed by atoms with Gasteiger partial charge in [-0.15, -0.1) is 0 Å². The number of benzene rings is 1. The fraction of sp³-hybridized carbons (Fsp3) is 0.450. The van der Waals surface area contributed by atoms with Gasteiger partial charge in [-0.1, -0.05) is 25.5 Å². The number of nitrogens with zero attached hydrogens (tertiary/aromatic N) is 1. The molecule has 136 valence electrons. The van der Waals surface area contributed by atoms with Crippen molar-refractivity contribution in [3.8, 4) is 5.75 Å². The van der Waals surface area contributed by atoms with Gasteiger partial charge in [0, 0.05) is 30.0 Å². The van der Waals surface area contributed by atoms with Gasteiger partial charge in [0.25, 0.3) is 0 Å². The number of hydrogen-bond acceptors (Lipinski definition) is 3. The summed E-state index contributed by atoms with van der Waals surface area (Å²) in [7, 11) is 1.65. The molecule has 0 aliphatic carbocycles. The molecule has 0 saturated heterocycles. The first kappa shape index (κ1) is 19.1. The third kappa shape index (κ3) is 4.42. The van der Waals surface area contributed by atoms with Crippen LogP contribution < -0.4 is 10.1 Å². The highest BCUT2D eigenvalue weighted by atomic mass is 16.5. The summed E-state index contributed by atoms with van der Waals surface area (Å²) >= 11 is 0. The molecule has 0 unspecified atom stereocenters. The van der Waals surface area contributed by atoms with Crippen molar-refractivity contribution >= 4 is 5.97 Å². The standard InChI is InChI=1S/C20H28N2O3/c1-5-6-11-21-12-18-14(2)22(15(3)19(18)20(23)24)13-16-7-9-17(25-4)10-8-16/h7-10,21H,5-6,11-13H2,1-4H3,(H,23,24). The zero-order valence-electron chi connectivity index (χ0n) is 15.6. The van der Waals surface area contributed by atoms with Gasteiger partial charge in [0.05, 0.1) is 12.7 Å². The van der Waals surface area contributed by atoms with Crippen LogP contribution in [0, 0.1) is 13.8 Å². The SMILES string of the molecule is CCCCNCc1c(C(=O)O)c(C)n(Cc2ccc(OC)cc2)c1C. The number of hydrogen-bond donors (Lipinski definition) is 2. The van der Waals surface area contributed by atoms with Crippen LogP contribution in [0.15, 0.2) is 24.3 Å². The van der Waals surface area contributed by atoms with Crippen LogP contribution in [0.25, 0.3) is 0 Å². The van der Waals surface area contributed by atoms with Gasteiger partial charge in [0.15, 0.2) is 0 Å². The van der Waals surface area contributed by atoms with Gasteiger partial charge in [-0.3, -0.25) is 0 Å². The Labute approximate surface area is 149 Å². The molecule has 0 radical (unpaired) electrons. The van der Waals surface area contributed by atoms with Crippen molar-refractivity contribution < 1.29 is 14.6 Å². The molecule has 5 nitrogen and oxygen atoms in total. The van der Waals surface area contributed by atoms with Crippen molar-refractivity contribution in [1.29, 1.82) is 0 Å². The lowest BCUT2D eigenvalue weighted by Crippen LogP contribution is -2.17. The molecule has 25 heavy (non-hydrogen) atoms. The van der Waals surface area contributed by atoms with Crippen molar-refractivity contribution in [3.63, 3.8) is 0 Å². The Hall–Kier alpha value is -2.27. The van der Waals surface area contributed by atoms with E-state index in [1.807, 2.05) is 38.1 Å². The van der Waals surface area contributed by atoms with Gasteiger partial charge in [0.1, 0.15) is 5.75 Å². The van der Waals surface area contributed by atoms with Crippen LogP contribution in [0.4, 0.5) is 0 Å². The van der Waals surface area contributed by atoms with Gasteiger partial charge in [0.2, 0.25) is 0 Å². The van der Waals surface area contributed by atoms with Crippen LogP contribution in [0.1, 0.15) is 52.6 Å². The summed E-state index contributed by atoms with van der Waals surface area (Å²) in [5.41, 5.74) is 4.23. The minimum Gasteiger partial charge on any atom is -0.497 e. The quantitative estimate of drug-likeness (QED) is 0.680. The lowest BCUT2D eigenvalue weighted by Gasteiger charge is -2.11. The van der Waals surface area contributed by atoms with Crippen LogP contribution in [-0.4, -0.2) is 29.3 Å². The van der Waals surface area contributed by atoms with Gasteiger partial charge < -0.3 is 19.7 Å². The molecule has 0 spiro atoms. The van der Waals surface area contributed by atoms with Crippen LogP contribution in [0.5, 0.6) is 5.75 Å². The van der Waals surface area contributed by atoms with E-state index in [2.05, 4.69) is 16.8 Å². The maximum Gasteiger partial charge on any atom is 0.337 e. The number of carboxylic acid groups (broad SMARTS) is 1. The maximum absolute atomic E-state index is 11.8. The number of unbranched alkanes of at least 4 members (excludes halogenated alkanes) is 1. The van der Waals surface area contributed by atoms with E-state index in [4.69, 9.17) is 4.74 Å².